The highest BCUT2D eigenvalue weighted by molar-refractivity contribution is 5.68. The number of rotatable bonds is 7. The van der Waals surface area contributed by atoms with Gasteiger partial charge in [0.1, 0.15) is 0 Å². The van der Waals surface area contributed by atoms with Crippen LogP contribution in [-0.4, -0.2) is 38.2 Å². The van der Waals surface area contributed by atoms with Crippen LogP contribution in [0.1, 0.15) is 31.5 Å². The quantitative estimate of drug-likeness (QED) is 0.662. The Hall–Kier alpha value is -2.58. The van der Waals surface area contributed by atoms with Crippen LogP contribution in [0.2, 0.25) is 0 Å². The summed E-state index contributed by atoms with van der Waals surface area (Å²) in [6, 6.07) is 9.79. The molecule has 0 spiro atoms. The molecule has 2 aromatic heterocycles. The average molecular weight is 329 g/mol. The molecule has 8 heteroatoms. The number of hydrogen-bond donors (Lipinski definition) is 1. The molecule has 0 saturated carbocycles. The lowest BCUT2D eigenvalue weighted by molar-refractivity contribution is -0.145. The maximum absolute atomic E-state index is 12.3. The minimum Gasteiger partial charge on any atom is -0.346 e. The number of benzene rings is 1. The fourth-order valence-electron chi connectivity index (χ4n) is 2.37. The minimum atomic E-state index is -0.725. The first-order valence-corrected chi connectivity index (χ1v) is 7.83. The summed E-state index contributed by atoms with van der Waals surface area (Å²) in [5.74, 6) is 0.313. The van der Waals surface area contributed by atoms with E-state index in [-0.39, 0.29) is 11.1 Å². The molecule has 3 aromatic rings. The second-order valence-corrected chi connectivity index (χ2v) is 5.10. The summed E-state index contributed by atoms with van der Waals surface area (Å²) < 4.78 is 12.6. The van der Waals surface area contributed by atoms with Crippen molar-refractivity contribution in [2.45, 2.75) is 26.7 Å². The number of fused-ring (bicyclic) bond motifs is 1. The van der Waals surface area contributed by atoms with Gasteiger partial charge >= 0.3 is 0 Å². The van der Waals surface area contributed by atoms with Crippen molar-refractivity contribution in [2.75, 3.05) is 13.2 Å². The first-order chi connectivity index (χ1) is 11.7. The van der Waals surface area contributed by atoms with Gasteiger partial charge < -0.3 is 14.5 Å². The van der Waals surface area contributed by atoms with E-state index >= 15 is 0 Å². The molecule has 0 unspecified atom stereocenters. The number of aromatic amines is 1. The third kappa shape index (κ3) is 3.34. The van der Waals surface area contributed by atoms with E-state index in [4.69, 9.17) is 9.47 Å². The molecule has 0 saturated heterocycles. The van der Waals surface area contributed by atoms with Crippen molar-refractivity contribution in [1.82, 2.24) is 25.0 Å². The van der Waals surface area contributed by atoms with Crippen molar-refractivity contribution in [3.8, 4) is 0 Å². The van der Waals surface area contributed by atoms with Crippen LogP contribution in [0.3, 0.4) is 0 Å². The van der Waals surface area contributed by atoms with E-state index in [0.717, 1.165) is 5.56 Å². The SMILES string of the molecule is CCOC(OCC)c1nc2c(nnn2Cc2ccccc2)c(=O)[nH]1. The Morgan fingerprint density at radius 1 is 1.17 bits per heavy atom. The van der Waals surface area contributed by atoms with Crippen LogP contribution in [-0.2, 0) is 16.0 Å². The van der Waals surface area contributed by atoms with Gasteiger partial charge in [-0.1, -0.05) is 35.5 Å². The molecule has 0 aliphatic heterocycles. The van der Waals surface area contributed by atoms with Crippen LogP contribution in [0.5, 0.6) is 0 Å². The van der Waals surface area contributed by atoms with E-state index < -0.39 is 6.29 Å². The molecule has 0 radical (unpaired) electrons. The molecule has 0 fully saturated rings. The van der Waals surface area contributed by atoms with Crippen molar-refractivity contribution in [1.29, 1.82) is 0 Å². The first-order valence-electron chi connectivity index (χ1n) is 7.83. The Labute approximate surface area is 138 Å². The van der Waals surface area contributed by atoms with Gasteiger partial charge in [-0.25, -0.2) is 9.67 Å². The zero-order valence-corrected chi connectivity index (χ0v) is 13.6. The molecule has 3 rings (SSSR count). The van der Waals surface area contributed by atoms with E-state index in [1.165, 1.54) is 0 Å². The molecule has 0 aliphatic rings. The van der Waals surface area contributed by atoms with Crippen molar-refractivity contribution in [2.24, 2.45) is 0 Å². The largest absolute Gasteiger partial charge is 0.346 e. The molecule has 0 bridgehead atoms. The highest BCUT2D eigenvalue weighted by atomic mass is 16.7. The van der Waals surface area contributed by atoms with Gasteiger partial charge in [-0.2, -0.15) is 0 Å². The molecule has 0 amide bonds. The molecule has 2 heterocycles. The summed E-state index contributed by atoms with van der Waals surface area (Å²) in [5.41, 5.74) is 1.28. The number of nitrogens with one attached hydrogen (secondary N) is 1. The van der Waals surface area contributed by atoms with Gasteiger partial charge in [0.2, 0.25) is 6.29 Å². The van der Waals surface area contributed by atoms with Crippen LogP contribution >= 0.6 is 0 Å². The first kappa shape index (κ1) is 16.3. The standard InChI is InChI=1S/C16H19N5O3/c1-3-23-16(24-4-2)13-17-14-12(15(22)18-13)19-20-21(14)10-11-8-6-5-7-9-11/h5-9,16H,3-4,10H2,1-2H3,(H,17,18,22). The second kappa shape index (κ2) is 7.33. The molecule has 1 N–H and O–H groups in total. The third-order valence-corrected chi connectivity index (χ3v) is 3.43. The Morgan fingerprint density at radius 3 is 2.54 bits per heavy atom. The van der Waals surface area contributed by atoms with Gasteiger partial charge in [0.25, 0.3) is 5.56 Å². The zero-order valence-electron chi connectivity index (χ0n) is 13.6. The fourth-order valence-corrected chi connectivity index (χ4v) is 2.37. The van der Waals surface area contributed by atoms with E-state index in [1.807, 2.05) is 44.2 Å². The van der Waals surface area contributed by atoms with Gasteiger partial charge in [-0.15, -0.1) is 5.10 Å². The lowest BCUT2D eigenvalue weighted by atomic mass is 10.2. The second-order valence-electron chi connectivity index (χ2n) is 5.10. The Bertz CT molecular complexity index is 853. The summed E-state index contributed by atoms with van der Waals surface area (Å²) in [4.78, 5) is 19.4. The third-order valence-electron chi connectivity index (χ3n) is 3.43. The predicted molar refractivity (Wildman–Crippen MR) is 87.5 cm³/mol. The number of nitrogens with zero attached hydrogens (tertiary/aromatic N) is 4. The molecule has 0 aliphatic carbocycles. The Morgan fingerprint density at radius 2 is 1.88 bits per heavy atom. The summed E-state index contributed by atoms with van der Waals surface area (Å²) in [7, 11) is 0. The molecule has 8 nitrogen and oxygen atoms in total. The van der Waals surface area contributed by atoms with E-state index in [2.05, 4.69) is 20.3 Å². The number of ether oxygens (including phenoxy) is 2. The van der Waals surface area contributed by atoms with E-state index in [9.17, 15) is 4.79 Å². The Kier molecular flexibility index (Phi) is 4.97. The lowest BCUT2D eigenvalue weighted by Gasteiger charge is -2.15. The van der Waals surface area contributed by atoms with Crippen LogP contribution in [0, 0.1) is 0 Å². The lowest BCUT2D eigenvalue weighted by Crippen LogP contribution is -2.19. The highest BCUT2D eigenvalue weighted by Gasteiger charge is 2.19. The summed E-state index contributed by atoms with van der Waals surface area (Å²) in [6.07, 6.45) is -0.725. The normalized spacial score (nSPS) is 11.5. The number of hydrogen-bond acceptors (Lipinski definition) is 6. The molecule has 24 heavy (non-hydrogen) atoms. The van der Waals surface area contributed by atoms with Crippen LogP contribution < -0.4 is 5.56 Å². The number of H-pyrrole nitrogens is 1. The number of aromatic nitrogens is 5. The highest BCUT2D eigenvalue weighted by Crippen LogP contribution is 2.16. The summed E-state index contributed by atoms with van der Waals surface area (Å²) in [5, 5.41) is 7.98. The van der Waals surface area contributed by atoms with Crippen LogP contribution in [0.15, 0.2) is 35.1 Å². The fraction of sp³-hybridized carbons (Fsp3) is 0.375. The average Bonchev–Trinajstić information content (AvgIpc) is 2.99. The molecular weight excluding hydrogens is 310 g/mol. The summed E-state index contributed by atoms with van der Waals surface area (Å²) in [6.45, 7) is 5.05. The minimum absolute atomic E-state index is 0.196. The van der Waals surface area contributed by atoms with Crippen molar-refractivity contribution in [3.05, 3.63) is 52.1 Å². The molecule has 0 atom stereocenters. The smallest absolute Gasteiger partial charge is 0.281 e. The van der Waals surface area contributed by atoms with Crippen molar-refractivity contribution in [3.63, 3.8) is 0 Å². The van der Waals surface area contributed by atoms with Crippen molar-refractivity contribution >= 4 is 11.2 Å². The topological polar surface area (TPSA) is 94.9 Å². The maximum atomic E-state index is 12.3. The molecule has 1 aromatic carbocycles. The molecule has 126 valence electrons. The Balaban J connectivity index is 2.02. The predicted octanol–water partition coefficient (Wildman–Crippen LogP) is 1.63. The van der Waals surface area contributed by atoms with E-state index in [1.54, 1.807) is 4.68 Å². The summed E-state index contributed by atoms with van der Waals surface area (Å²) >= 11 is 0. The monoisotopic (exact) mass is 329 g/mol. The molecular formula is C16H19N5O3. The zero-order chi connectivity index (χ0) is 16.9. The van der Waals surface area contributed by atoms with Gasteiger partial charge in [0.15, 0.2) is 17.0 Å². The maximum Gasteiger partial charge on any atom is 0.281 e. The van der Waals surface area contributed by atoms with Gasteiger partial charge in [-0.05, 0) is 19.4 Å². The van der Waals surface area contributed by atoms with Gasteiger partial charge in [0.05, 0.1) is 6.54 Å². The van der Waals surface area contributed by atoms with E-state index in [0.29, 0.717) is 31.2 Å². The van der Waals surface area contributed by atoms with Gasteiger partial charge in [-0.3, -0.25) is 4.79 Å². The van der Waals surface area contributed by atoms with Crippen LogP contribution in [0.25, 0.3) is 11.2 Å². The van der Waals surface area contributed by atoms with Crippen LogP contribution in [0.4, 0.5) is 0 Å². The van der Waals surface area contributed by atoms with Gasteiger partial charge in [0, 0.05) is 13.2 Å². The van der Waals surface area contributed by atoms with Crippen molar-refractivity contribution < 1.29 is 9.47 Å².